The number of piperidine rings is 1. The lowest BCUT2D eigenvalue weighted by Gasteiger charge is -2.40. The van der Waals surface area contributed by atoms with E-state index in [1.54, 1.807) is 0 Å². The van der Waals surface area contributed by atoms with E-state index < -0.39 is 0 Å². The van der Waals surface area contributed by atoms with Gasteiger partial charge in [0.05, 0.1) is 12.5 Å². The number of carbonyl (C=O) groups is 1. The first kappa shape index (κ1) is 12.8. The van der Waals surface area contributed by atoms with Gasteiger partial charge in [-0.05, 0) is 33.0 Å². The normalized spacial score (nSPS) is 23.4. The standard InChI is InChI=1S/C12H23N3O2/c1-14-4-2-11(3-5-14)15(6-7-16)12(17)10-8-13-9-10/h10-11,13,16H,2-9H2,1H3. The molecule has 0 unspecified atom stereocenters. The largest absolute Gasteiger partial charge is 0.395 e. The first-order chi connectivity index (χ1) is 8.22. The third-order valence-corrected chi connectivity index (χ3v) is 3.88. The number of rotatable bonds is 4. The Hall–Kier alpha value is -0.650. The van der Waals surface area contributed by atoms with Crippen molar-refractivity contribution in [3.05, 3.63) is 0 Å². The number of nitrogens with zero attached hydrogens (tertiary/aromatic N) is 2. The summed E-state index contributed by atoms with van der Waals surface area (Å²) < 4.78 is 0. The van der Waals surface area contributed by atoms with Crippen LogP contribution >= 0.6 is 0 Å². The van der Waals surface area contributed by atoms with Crippen LogP contribution in [-0.4, -0.2) is 73.2 Å². The second-order valence-corrected chi connectivity index (χ2v) is 5.14. The third-order valence-electron chi connectivity index (χ3n) is 3.88. The first-order valence-electron chi connectivity index (χ1n) is 6.53. The highest BCUT2D eigenvalue weighted by Gasteiger charge is 2.33. The summed E-state index contributed by atoms with van der Waals surface area (Å²) in [6.07, 6.45) is 2.06. The molecule has 5 heteroatoms. The Morgan fingerprint density at radius 1 is 1.41 bits per heavy atom. The number of likely N-dealkylation sites (tertiary alicyclic amines) is 1. The summed E-state index contributed by atoms with van der Waals surface area (Å²) >= 11 is 0. The van der Waals surface area contributed by atoms with Gasteiger partial charge in [0.15, 0.2) is 0 Å². The van der Waals surface area contributed by atoms with Crippen molar-refractivity contribution in [1.29, 1.82) is 0 Å². The summed E-state index contributed by atoms with van der Waals surface area (Å²) in [6, 6.07) is 0.325. The zero-order valence-corrected chi connectivity index (χ0v) is 10.6. The van der Waals surface area contributed by atoms with Crippen LogP contribution in [0.2, 0.25) is 0 Å². The van der Waals surface area contributed by atoms with Gasteiger partial charge in [0, 0.05) is 25.7 Å². The zero-order valence-electron chi connectivity index (χ0n) is 10.6. The number of aliphatic hydroxyl groups excluding tert-OH is 1. The molecule has 2 rings (SSSR count). The van der Waals surface area contributed by atoms with Gasteiger partial charge in [0.25, 0.3) is 0 Å². The molecule has 2 saturated heterocycles. The second-order valence-electron chi connectivity index (χ2n) is 5.14. The van der Waals surface area contributed by atoms with Gasteiger partial charge in [-0.3, -0.25) is 4.79 Å². The second kappa shape index (κ2) is 5.80. The van der Waals surface area contributed by atoms with Crippen LogP contribution in [0.25, 0.3) is 0 Å². The summed E-state index contributed by atoms with van der Waals surface area (Å²) in [5.74, 6) is 0.369. The molecule has 0 bridgehead atoms. The summed E-state index contributed by atoms with van der Waals surface area (Å²) in [4.78, 5) is 16.5. The van der Waals surface area contributed by atoms with Crippen molar-refractivity contribution in [2.45, 2.75) is 18.9 Å². The highest BCUT2D eigenvalue weighted by molar-refractivity contribution is 5.80. The van der Waals surface area contributed by atoms with Gasteiger partial charge in [-0.15, -0.1) is 0 Å². The number of nitrogens with one attached hydrogen (secondary N) is 1. The van der Waals surface area contributed by atoms with E-state index in [1.165, 1.54) is 0 Å². The van der Waals surface area contributed by atoms with Crippen LogP contribution in [0.1, 0.15) is 12.8 Å². The maximum atomic E-state index is 12.3. The Labute approximate surface area is 103 Å². The molecule has 2 aliphatic heterocycles. The molecule has 2 fully saturated rings. The van der Waals surface area contributed by atoms with Crippen LogP contribution in [0.5, 0.6) is 0 Å². The molecule has 0 aromatic carbocycles. The molecule has 0 saturated carbocycles. The van der Waals surface area contributed by atoms with Crippen LogP contribution < -0.4 is 5.32 Å². The fraction of sp³-hybridized carbons (Fsp3) is 0.917. The fourth-order valence-electron chi connectivity index (χ4n) is 2.58. The molecule has 2 heterocycles. The lowest BCUT2D eigenvalue weighted by molar-refractivity contribution is -0.141. The molecule has 2 aliphatic rings. The van der Waals surface area contributed by atoms with Crippen LogP contribution in [0, 0.1) is 5.92 Å². The molecule has 0 aromatic rings. The number of amides is 1. The molecule has 5 nitrogen and oxygen atoms in total. The molecule has 1 amide bonds. The first-order valence-corrected chi connectivity index (χ1v) is 6.53. The maximum Gasteiger partial charge on any atom is 0.228 e. The number of hydrogen-bond donors (Lipinski definition) is 2. The van der Waals surface area contributed by atoms with Crippen LogP contribution in [0.15, 0.2) is 0 Å². The Bertz CT molecular complexity index is 260. The van der Waals surface area contributed by atoms with Crippen molar-refractivity contribution in [2.24, 2.45) is 5.92 Å². The van der Waals surface area contributed by atoms with Crippen molar-refractivity contribution >= 4 is 5.91 Å². The molecule has 2 N–H and O–H groups in total. The molecular weight excluding hydrogens is 218 g/mol. The topological polar surface area (TPSA) is 55.8 Å². The Kier molecular flexibility index (Phi) is 4.36. The average Bonchev–Trinajstić information content (AvgIpc) is 2.25. The van der Waals surface area contributed by atoms with Gasteiger partial charge in [0.2, 0.25) is 5.91 Å². The number of carbonyl (C=O) groups excluding carboxylic acids is 1. The van der Waals surface area contributed by atoms with Crippen LogP contribution in [0.3, 0.4) is 0 Å². The van der Waals surface area contributed by atoms with Crippen molar-refractivity contribution in [3.63, 3.8) is 0 Å². The van der Waals surface area contributed by atoms with E-state index in [0.29, 0.717) is 12.6 Å². The van der Waals surface area contributed by atoms with E-state index in [-0.39, 0.29) is 18.4 Å². The molecule has 98 valence electrons. The number of aliphatic hydroxyl groups is 1. The van der Waals surface area contributed by atoms with Gasteiger partial charge in [0.1, 0.15) is 0 Å². The van der Waals surface area contributed by atoms with E-state index in [1.807, 2.05) is 4.90 Å². The smallest absolute Gasteiger partial charge is 0.228 e. The molecule has 0 aliphatic carbocycles. The molecule has 0 atom stereocenters. The van der Waals surface area contributed by atoms with E-state index >= 15 is 0 Å². The quantitative estimate of drug-likeness (QED) is 0.671. The lowest BCUT2D eigenvalue weighted by Crippen LogP contribution is -2.56. The Morgan fingerprint density at radius 2 is 2.06 bits per heavy atom. The van der Waals surface area contributed by atoms with E-state index in [2.05, 4.69) is 17.3 Å². The van der Waals surface area contributed by atoms with Crippen molar-refractivity contribution < 1.29 is 9.90 Å². The molecule has 0 aromatic heterocycles. The Balaban J connectivity index is 1.93. The van der Waals surface area contributed by atoms with Gasteiger partial charge < -0.3 is 20.2 Å². The Morgan fingerprint density at radius 3 is 2.53 bits per heavy atom. The fourth-order valence-corrected chi connectivity index (χ4v) is 2.58. The maximum absolute atomic E-state index is 12.3. The van der Waals surface area contributed by atoms with Crippen molar-refractivity contribution in [1.82, 2.24) is 15.1 Å². The highest BCUT2D eigenvalue weighted by atomic mass is 16.3. The number of hydrogen-bond acceptors (Lipinski definition) is 4. The minimum atomic E-state index is 0.0677. The summed E-state index contributed by atoms with van der Waals surface area (Å²) in [6.45, 7) is 4.24. The molecule has 17 heavy (non-hydrogen) atoms. The minimum absolute atomic E-state index is 0.0677. The summed E-state index contributed by atoms with van der Waals surface area (Å²) in [5.41, 5.74) is 0. The zero-order chi connectivity index (χ0) is 12.3. The van der Waals surface area contributed by atoms with Gasteiger partial charge >= 0.3 is 0 Å². The van der Waals surface area contributed by atoms with Crippen LogP contribution in [0.4, 0.5) is 0 Å². The lowest BCUT2D eigenvalue weighted by atomic mass is 9.97. The third kappa shape index (κ3) is 2.97. The van der Waals surface area contributed by atoms with Crippen molar-refractivity contribution in [3.8, 4) is 0 Å². The van der Waals surface area contributed by atoms with E-state index in [4.69, 9.17) is 5.11 Å². The minimum Gasteiger partial charge on any atom is -0.395 e. The SMILES string of the molecule is CN1CCC(N(CCO)C(=O)C2CNC2)CC1. The van der Waals surface area contributed by atoms with Crippen molar-refractivity contribution in [2.75, 3.05) is 46.4 Å². The van der Waals surface area contributed by atoms with Crippen LogP contribution in [-0.2, 0) is 4.79 Å². The van der Waals surface area contributed by atoms with Gasteiger partial charge in [-0.2, -0.15) is 0 Å². The van der Waals surface area contributed by atoms with E-state index in [0.717, 1.165) is 39.0 Å². The average molecular weight is 241 g/mol. The monoisotopic (exact) mass is 241 g/mol. The molecule has 0 spiro atoms. The predicted molar refractivity (Wildman–Crippen MR) is 65.7 cm³/mol. The van der Waals surface area contributed by atoms with Gasteiger partial charge in [-0.25, -0.2) is 0 Å². The molecule has 0 radical (unpaired) electrons. The summed E-state index contributed by atoms with van der Waals surface area (Å²) in [7, 11) is 2.12. The van der Waals surface area contributed by atoms with Gasteiger partial charge in [-0.1, -0.05) is 0 Å². The molecular formula is C12H23N3O2. The van der Waals surface area contributed by atoms with E-state index in [9.17, 15) is 4.79 Å². The predicted octanol–water partition coefficient (Wildman–Crippen LogP) is -0.879. The highest BCUT2D eigenvalue weighted by Crippen LogP contribution is 2.19. The summed E-state index contributed by atoms with van der Waals surface area (Å²) in [5, 5.41) is 12.3.